The van der Waals surface area contributed by atoms with E-state index in [0.29, 0.717) is 16.3 Å². The van der Waals surface area contributed by atoms with E-state index in [4.69, 9.17) is 28.8 Å². The highest BCUT2D eigenvalue weighted by Crippen LogP contribution is 2.19. The predicted molar refractivity (Wildman–Crippen MR) is 216 cm³/mol. The van der Waals surface area contributed by atoms with Crippen LogP contribution >= 0.6 is 11.6 Å². The lowest BCUT2D eigenvalue weighted by Crippen LogP contribution is -2.59. The van der Waals surface area contributed by atoms with Crippen molar-refractivity contribution in [2.45, 2.75) is 62.7 Å². The van der Waals surface area contributed by atoms with E-state index in [2.05, 4.69) is 41.2 Å². The first-order chi connectivity index (χ1) is 27.4. The molecule has 0 saturated carbocycles. The fourth-order valence-corrected chi connectivity index (χ4v) is 6.38. The minimum Gasteiger partial charge on any atom is -0.370 e. The van der Waals surface area contributed by atoms with E-state index in [9.17, 15) is 24.0 Å². The minimum absolute atomic E-state index is 0.0267. The molecule has 17 heteroatoms. The van der Waals surface area contributed by atoms with Gasteiger partial charge in [0, 0.05) is 59.8 Å². The smallest absolute Gasteiger partial charge is 0.243 e. The first-order valence-corrected chi connectivity index (χ1v) is 18.7. The van der Waals surface area contributed by atoms with E-state index in [-0.39, 0.29) is 51.0 Å². The number of rotatable bonds is 20. The Balaban J connectivity index is 1.36. The summed E-state index contributed by atoms with van der Waals surface area (Å²) in [7, 11) is 0. The number of primary amides is 1. The van der Waals surface area contributed by atoms with Crippen molar-refractivity contribution in [2.24, 2.45) is 22.2 Å². The van der Waals surface area contributed by atoms with Crippen LogP contribution < -0.4 is 38.5 Å². The molecule has 5 amide bonds. The SMILES string of the molecule is NC(=O)[C@H](Cc1c[nH]c2ccccc12)NC(=O)[C@H](CCCN=C(N)N)NC(=O)[C@H](Cc1ccccc1)NC(=O)[C@H](Cc1cnc[nH]1)NC(=O)Cc1ccc(Cl)cc1. The quantitative estimate of drug-likeness (QED) is 0.0314. The number of aromatic nitrogens is 3. The molecule has 5 aromatic rings. The highest BCUT2D eigenvalue weighted by molar-refractivity contribution is 6.30. The summed E-state index contributed by atoms with van der Waals surface area (Å²) in [5.74, 6) is -3.35. The number of para-hydroxylation sites is 1. The van der Waals surface area contributed by atoms with E-state index in [1.54, 1.807) is 54.7 Å². The third kappa shape index (κ3) is 12.7. The molecule has 0 spiro atoms. The molecule has 3 aromatic carbocycles. The molecule has 16 nitrogen and oxygen atoms in total. The highest BCUT2D eigenvalue weighted by atomic mass is 35.5. The minimum atomic E-state index is -1.21. The van der Waals surface area contributed by atoms with Crippen molar-refractivity contribution in [2.75, 3.05) is 6.54 Å². The van der Waals surface area contributed by atoms with E-state index < -0.39 is 53.7 Å². The second-order valence-corrected chi connectivity index (χ2v) is 13.9. The first-order valence-electron chi connectivity index (χ1n) is 18.3. The van der Waals surface area contributed by atoms with Gasteiger partial charge in [-0.15, -0.1) is 0 Å². The molecule has 0 aliphatic rings. The summed E-state index contributed by atoms with van der Waals surface area (Å²) in [6, 6.07) is 18.6. The van der Waals surface area contributed by atoms with Gasteiger partial charge in [0.05, 0.1) is 12.7 Å². The number of carbonyl (C=O) groups excluding carboxylic acids is 5. The number of halogens is 1. The number of carbonyl (C=O) groups is 5. The van der Waals surface area contributed by atoms with Crippen LogP contribution in [0.3, 0.4) is 0 Å². The number of hydrogen-bond acceptors (Lipinski definition) is 7. The van der Waals surface area contributed by atoms with Crippen LogP contribution in [0.25, 0.3) is 10.9 Å². The van der Waals surface area contributed by atoms with Crippen LogP contribution in [-0.2, 0) is 49.7 Å². The summed E-state index contributed by atoms with van der Waals surface area (Å²) in [5, 5.41) is 12.5. The number of fused-ring (bicyclic) bond motifs is 1. The molecular weight excluding hydrogens is 750 g/mol. The van der Waals surface area contributed by atoms with Gasteiger partial charge >= 0.3 is 0 Å². The van der Waals surface area contributed by atoms with Crippen LogP contribution in [0.2, 0.25) is 5.02 Å². The van der Waals surface area contributed by atoms with E-state index >= 15 is 0 Å². The lowest BCUT2D eigenvalue weighted by atomic mass is 10.0. The summed E-state index contributed by atoms with van der Waals surface area (Å²) in [6.07, 6.45) is 5.23. The molecule has 2 aromatic heterocycles. The maximum Gasteiger partial charge on any atom is 0.243 e. The zero-order valence-electron chi connectivity index (χ0n) is 31.0. The van der Waals surface area contributed by atoms with Crippen LogP contribution in [0, 0.1) is 0 Å². The molecule has 0 bridgehead atoms. The predicted octanol–water partition coefficient (Wildman–Crippen LogP) is 1.29. The highest BCUT2D eigenvalue weighted by Gasteiger charge is 2.32. The Labute approximate surface area is 333 Å². The number of imidazole rings is 1. The molecule has 5 rings (SSSR count). The summed E-state index contributed by atoms with van der Waals surface area (Å²) in [5.41, 5.74) is 20.4. The Morgan fingerprint density at radius 1 is 0.702 bits per heavy atom. The standard InChI is InChI=1S/C40H46ClN11O5/c41-27-14-12-25(13-15-27)18-35(53)49-34(20-28-22-45-23-48-28)39(57)52-33(17-24-7-2-1-3-8-24)38(56)50-31(11-6-16-46-40(43)44)37(55)51-32(36(42)54)19-26-21-47-30-10-5-4-9-29(26)30/h1-5,7-10,12-15,21-23,31-34,47H,6,11,16-20H2,(H2,42,54)(H,45,48)(H,49,53)(H,50,56)(H,51,55)(H,52,57)(H4,43,44,46)/t31-,32-,33-,34-/m0/s1. The van der Waals surface area contributed by atoms with Crippen LogP contribution in [0.1, 0.15) is 35.2 Å². The second kappa shape index (κ2) is 20.3. The molecule has 0 fully saturated rings. The largest absolute Gasteiger partial charge is 0.370 e. The number of amides is 5. The monoisotopic (exact) mass is 795 g/mol. The van der Waals surface area contributed by atoms with Crippen LogP contribution in [0.15, 0.2) is 103 Å². The van der Waals surface area contributed by atoms with Crippen LogP contribution in [-0.4, -0.2) is 81.2 Å². The van der Waals surface area contributed by atoms with Crippen molar-refractivity contribution >= 4 is 58.0 Å². The Morgan fingerprint density at radius 2 is 1.35 bits per heavy atom. The second-order valence-electron chi connectivity index (χ2n) is 13.5. The fraction of sp³-hybridized carbons (Fsp3) is 0.275. The average molecular weight is 796 g/mol. The zero-order chi connectivity index (χ0) is 40.7. The number of guanidine groups is 1. The van der Waals surface area contributed by atoms with Gasteiger partial charge in [-0.2, -0.15) is 0 Å². The van der Waals surface area contributed by atoms with E-state index in [0.717, 1.165) is 22.0 Å². The fourth-order valence-electron chi connectivity index (χ4n) is 6.25. The maximum atomic E-state index is 14.2. The van der Waals surface area contributed by atoms with Gasteiger partial charge in [0.1, 0.15) is 24.2 Å². The van der Waals surface area contributed by atoms with Gasteiger partial charge in [0.15, 0.2) is 5.96 Å². The van der Waals surface area contributed by atoms with E-state index in [1.807, 2.05) is 30.3 Å². The number of nitrogens with one attached hydrogen (secondary N) is 6. The topological polar surface area (TPSA) is 268 Å². The van der Waals surface area contributed by atoms with Gasteiger partial charge in [-0.25, -0.2) is 4.98 Å². The number of H-pyrrole nitrogens is 2. The molecule has 0 unspecified atom stereocenters. The number of hydrogen-bond donors (Lipinski definition) is 9. The van der Waals surface area contributed by atoms with Crippen LogP contribution in [0.5, 0.6) is 0 Å². The van der Waals surface area contributed by atoms with Gasteiger partial charge in [-0.1, -0.05) is 72.3 Å². The molecule has 2 heterocycles. The number of nitrogens with zero attached hydrogens (tertiary/aromatic N) is 2. The van der Waals surface area contributed by atoms with Crippen molar-refractivity contribution in [3.05, 3.63) is 125 Å². The molecule has 0 aliphatic carbocycles. The van der Waals surface area contributed by atoms with Crippen molar-refractivity contribution < 1.29 is 24.0 Å². The Hall–Kier alpha value is -6.68. The summed E-state index contributed by atoms with van der Waals surface area (Å²) in [6.45, 7) is 0.158. The Bertz CT molecular complexity index is 2150. The van der Waals surface area contributed by atoms with E-state index in [1.165, 1.54) is 12.5 Å². The normalized spacial score (nSPS) is 13.1. The third-order valence-corrected chi connectivity index (χ3v) is 9.41. The summed E-state index contributed by atoms with van der Waals surface area (Å²) >= 11 is 6.00. The lowest BCUT2D eigenvalue weighted by molar-refractivity contribution is -0.134. The van der Waals surface area contributed by atoms with Gasteiger partial charge < -0.3 is 48.4 Å². The van der Waals surface area contributed by atoms with Crippen molar-refractivity contribution in [1.82, 2.24) is 36.2 Å². The van der Waals surface area contributed by atoms with Gasteiger partial charge in [-0.05, 0) is 47.7 Å². The van der Waals surface area contributed by atoms with Crippen molar-refractivity contribution in [3.63, 3.8) is 0 Å². The van der Waals surface area contributed by atoms with Crippen molar-refractivity contribution in [1.29, 1.82) is 0 Å². The number of nitrogens with two attached hydrogens (primary N) is 3. The van der Waals surface area contributed by atoms with Gasteiger partial charge in [0.2, 0.25) is 29.5 Å². The molecule has 0 saturated heterocycles. The van der Waals surface area contributed by atoms with Crippen molar-refractivity contribution in [3.8, 4) is 0 Å². The Kier molecular flexibility index (Phi) is 14.8. The number of benzene rings is 3. The third-order valence-electron chi connectivity index (χ3n) is 9.16. The Morgan fingerprint density at radius 3 is 2.04 bits per heavy atom. The summed E-state index contributed by atoms with van der Waals surface area (Å²) < 4.78 is 0. The molecule has 0 radical (unpaired) electrons. The molecule has 57 heavy (non-hydrogen) atoms. The number of aliphatic imine (C=N–C) groups is 1. The zero-order valence-corrected chi connectivity index (χ0v) is 31.8. The molecule has 298 valence electrons. The molecule has 4 atom stereocenters. The summed E-state index contributed by atoms with van der Waals surface area (Å²) in [4.78, 5) is 82.1. The number of aromatic amines is 2. The molecule has 12 N–H and O–H groups in total. The van der Waals surface area contributed by atoms with Gasteiger partial charge in [0.25, 0.3) is 0 Å². The van der Waals surface area contributed by atoms with Crippen LogP contribution in [0.4, 0.5) is 0 Å². The molecular formula is C40H46ClN11O5. The maximum absolute atomic E-state index is 14.2. The first kappa shape index (κ1) is 41.5. The van der Waals surface area contributed by atoms with Gasteiger partial charge in [-0.3, -0.25) is 29.0 Å². The molecule has 0 aliphatic heterocycles. The lowest BCUT2D eigenvalue weighted by Gasteiger charge is -2.26. The average Bonchev–Trinajstić information content (AvgIpc) is 3.86.